The number of aliphatic carboxylic acids is 1. The molecule has 2 aliphatic heterocycles. The lowest BCUT2D eigenvalue weighted by atomic mass is 9.63. The SMILES string of the molecule is CC12CN(C(=O)CC(O)CNC(=O)OCC3c4ccccc4-c4ccccc43)C(C(=O)O)(C1)C2. The molecule has 3 N–H and O–H groups in total. The van der Waals surface area contributed by atoms with E-state index in [2.05, 4.69) is 17.4 Å². The Kier molecular flexibility index (Phi) is 5.36. The third kappa shape index (κ3) is 3.62. The molecular formula is C26H28N2O6. The number of ether oxygens (including phenoxy) is 1. The molecule has 0 aromatic heterocycles. The number of benzene rings is 2. The van der Waals surface area contributed by atoms with Gasteiger partial charge in [0.25, 0.3) is 0 Å². The van der Waals surface area contributed by atoms with Crippen molar-refractivity contribution in [2.45, 2.75) is 43.7 Å². The number of rotatable bonds is 7. The molecule has 178 valence electrons. The van der Waals surface area contributed by atoms with Gasteiger partial charge in [-0.25, -0.2) is 9.59 Å². The number of carbonyl (C=O) groups is 3. The van der Waals surface area contributed by atoms with E-state index in [0.717, 1.165) is 22.3 Å². The Hall–Kier alpha value is -3.39. The number of carboxylic acid groups (broad SMARTS) is 1. The van der Waals surface area contributed by atoms with Crippen LogP contribution in [0.25, 0.3) is 11.1 Å². The van der Waals surface area contributed by atoms with Crippen LogP contribution in [0.15, 0.2) is 48.5 Å². The van der Waals surface area contributed by atoms with Crippen molar-refractivity contribution < 1.29 is 29.3 Å². The minimum absolute atomic E-state index is 0.0696. The molecule has 34 heavy (non-hydrogen) atoms. The predicted octanol–water partition coefficient (Wildman–Crippen LogP) is 2.74. The van der Waals surface area contributed by atoms with Crippen LogP contribution in [0.1, 0.15) is 43.2 Å². The highest BCUT2D eigenvalue weighted by molar-refractivity contribution is 5.90. The van der Waals surface area contributed by atoms with Crippen molar-refractivity contribution in [3.05, 3.63) is 59.7 Å². The zero-order valence-corrected chi connectivity index (χ0v) is 19.0. The summed E-state index contributed by atoms with van der Waals surface area (Å²) in [4.78, 5) is 38.1. The summed E-state index contributed by atoms with van der Waals surface area (Å²) in [5.41, 5.74) is 3.16. The molecule has 8 nitrogen and oxygen atoms in total. The summed E-state index contributed by atoms with van der Waals surface area (Å²) >= 11 is 0. The highest BCUT2D eigenvalue weighted by Crippen LogP contribution is 2.59. The molecule has 0 spiro atoms. The van der Waals surface area contributed by atoms with E-state index in [9.17, 15) is 24.6 Å². The fourth-order valence-corrected chi connectivity index (χ4v) is 6.02. The summed E-state index contributed by atoms with van der Waals surface area (Å²) in [6, 6.07) is 16.1. The Balaban J connectivity index is 1.13. The second kappa shape index (κ2) is 8.13. The molecule has 2 aliphatic carbocycles. The summed E-state index contributed by atoms with van der Waals surface area (Å²) in [5.74, 6) is -1.48. The first-order chi connectivity index (χ1) is 16.2. The second-order valence-corrected chi connectivity index (χ2v) is 10.0. The van der Waals surface area contributed by atoms with E-state index < -0.39 is 29.6 Å². The number of nitrogens with one attached hydrogen (secondary N) is 1. The van der Waals surface area contributed by atoms with Gasteiger partial charge in [-0.15, -0.1) is 0 Å². The molecular weight excluding hydrogens is 436 g/mol. The number of aliphatic hydroxyl groups excluding tert-OH is 1. The van der Waals surface area contributed by atoms with Gasteiger partial charge in [0.05, 0.1) is 12.5 Å². The fraction of sp³-hybridized carbons (Fsp3) is 0.423. The topological polar surface area (TPSA) is 116 Å². The van der Waals surface area contributed by atoms with Crippen LogP contribution in [0.3, 0.4) is 0 Å². The molecule has 3 fully saturated rings. The molecule has 4 aliphatic rings. The smallest absolute Gasteiger partial charge is 0.407 e. The quantitative estimate of drug-likeness (QED) is 0.580. The Morgan fingerprint density at radius 2 is 1.68 bits per heavy atom. The average molecular weight is 465 g/mol. The maximum absolute atomic E-state index is 12.7. The normalized spacial score (nSPS) is 25.2. The minimum atomic E-state index is -1.15. The minimum Gasteiger partial charge on any atom is -0.479 e. The van der Waals surface area contributed by atoms with Gasteiger partial charge in [0.2, 0.25) is 5.91 Å². The van der Waals surface area contributed by atoms with Crippen LogP contribution in [0, 0.1) is 5.41 Å². The van der Waals surface area contributed by atoms with Crippen molar-refractivity contribution in [3.8, 4) is 11.1 Å². The highest BCUT2D eigenvalue weighted by atomic mass is 16.5. The van der Waals surface area contributed by atoms with E-state index in [1.807, 2.05) is 43.3 Å². The van der Waals surface area contributed by atoms with Crippen molar-refractivity contribution in [3.63, 3.8) is 0 Å². The first-order valence-corrected chi connectivity index (χ1v) is 11.5. The summed E-state index contributed by atoms with van der Waals surface area (Å²) in [7, 11) is 0. The molecule has 1 atom stereocenters. The number of aliphatic hydroxyl groups is 1. The highest BCUT2D eigenvalue weighted by Gasteiger charge is 2.68. The number of amides is 2. The molecule has 2 aromatic carbocycles. The van der Waals surface area contributed by atoms with E-state index in [-0.39, 0.29) is 30.9 Å². The molecule has 6 rings (SSSR count). The molecule has 2 aromatic rings. The van der Waals surface area contributed by atoms with Gasteiger partial charge in [0, 0.05) is 19.0 Å². The Labute approximate surface area is 197 Å². The lowest BCUT2D eigenvalue weighted by molar-refractivity contribution is -0.160. The van der Waals surface area contributed by atoms with Crippen LogP contribution < -0.4 is 5.32 Å². The maximum atomic E-state index is 12.7. The molecule has 2 amide bonds. The van der Waals surface area contributed by atoms with E-state index in [1.165, 1.54) is 4.90 Å². The van der Waals surface area contributed by atoms with Crippen molar-refractivity contribution in [2.24, 2.45) is 5.41 Å². The zero-order valence-electron chi connectivity index (χ0n) is 19.0. The van der Waals surface area contributed by atoms with Crippen molar-refractivity contribution in [2.75, 3.05) is 19.7 Å². The van der Waals surface area contributed by atoms with E-state index in [1.54, 1.807) is 0 Å². The van der Waals surface area contributed by atoms with Crippen molar-refractivity contribution >= 4 is 18.0 Å². The number of carbonyl (C=O) groups excluding carboxylic acids is 2. The largest absolute Gasteiger partial charge is 0.479 e. The van der Waals surface area contributed by atoms with Gasteiger partial charge in [-0.3, -0.25) is 4.79 Å². The third-order valence-electron chi connectivity index (χ3n) is 7.43. The number of carboxylic acids is 1. The van der Waals surface area contributed by atoms with Crippen molar-refractivity contribution in [1.82, 2.24) is 10.2 Å². The molecule has 8 heteroatoms. The van der Waals surface area contributed by atoms with Crippen LogP contribution >= 0.6 is 0 Å². The number of alkyl carbamates (subject to hydrolysis) is 1. The number of hydrogen-bond acceptors (Lipinski definition) is 5. The summed E-state index contributed by atoms with van der Waals surface area (Å²) in [5, 5.41) is 22.4. The van der Waals surface area contributed by atoms with Crippen LogP contribution in [-0.4, -0.2) is 64.4 Å². The Morgan fingerprint density at radius 3 is 2.26 bits per heavy atom. The fourth-order valence-electron chi connectivity index (χ4n) is 6.02. The average Bonchev–Trinajstić information content (AvgIpc) is 3.40. The van der Waals surface area contributed by atoms with Gasteiger partial charge in [0.1, 0.15) is 12.1 Å². The van der Waals surface area contributed by atoms with Gasteiger partial charge < -0.3 is 25.2 Å². The Morgan fingerprint density at radius 1 is 1.09 bits per heavy atom. The van der Waals surface area contributed by atoms with Crippen LogP contribution in [0.5, 0.6) is 0 Å². The van der Waals surface area contributed by atoms with Gasteiger partial charge in [-0.1, -0.05) is 55.5 Å². The van der Waals surface area contributed by atoms with Crippen LogP contribution in [-0.2, 0) is 14.3 Å². The molecule has 1 unspecified atom stereocenters. The lowest BCUT2D eigenvalue weighted by Gasteiger charge is -2.42. The van der Waals surface area contributed by atoms with E-state index >= 15 is 0 Å². The molecule has 1 saturated carbocycles. The van der Waals surface area contributed by atoms with E-state index in [4.69, 9.17) is 4.74 Å². The lowest BCUT2D eigenvalue weighted by Crippen LogP contribution is -2.56. The molecule has 2 bridgehead atoms. The number of nitrogens with zero attached hydrogens (tertiary/aromatic N) is 1. The van der Waals surface area contributed by atoms with Gasteiger partial charge in [0.15, 0.2) is 0 Å². The van der Waals surface area contributed by atoms with Gasteiger partial charge in [-0.05, 0) is 40.5 Å². The molecule has 2 heterocycles. The van der Waals surface area contributed by atoms with Crippen LogP contribution in [0.2, 0.25) is 0 Å². The summed E-state index contributed by atoms with van der Waals surface area (Å²) in [6.07, 6.45) is -1.19. The number of fused-ring (bicyclic) bond motifs is 4. The third-order valence-corrected chi connectivity index (χ3v) is 7.43. The standard InChI is InChI=1S/C26H28N2O6/c1-25-13-26(14-25,23(31)32)28(15-25)22(30)10-16(29)11-27-24(33)34-12-21-19-8-4-2-6-17(19)18-7-3-5-9-20(18)21/h2-9,16,21,29H,10-15H2,1H3,(H,27,33)(H,31,32). The molecule has 2 saturated heterocycles. The van der Waals surface area contributed by atoms with Gasteiger partial charge in [-0.2, -0.15) is 0 Å². The second-order valence-electron chi connectivity index (χ2n) is 10.0. The maximum Gasteiger partial charge on any atom is 0.407 e. The monoisotopic (exact) mass is 464 g/mol. The van der Waals surface area contributed by atoms with Crippen LogP contribution in [0.4, 0.5) is 4.79 Å². The van der Waals surface area contributed by atoms with Crippen molar-refractivity contribution in [1.29, 1.82) is 0 Å². The predicted molar refractivity (Wildman–Crippen MR) is 123 cm³/mol. The van der Waals surface area contributed by atoms with Gasteiger partial charge >= 0.3 is 12.1 Å². The summed E-state index contributed by atoms with van der Waals surface area (Å²) in [6.45, 7) is 2.34. The Bertz CT molecular complexity index is 1110. The first kappa shape index (κ1) is 22.4. The first-order valence-electron chi connectivity index (χ1n) is 11.5. The molecule has 0 radical (unpaired) electrons. The summed E-state index contributed by atoms with van der Waals surface area (Å²) < 4.78 is 5.45. The zero-order chi connectivity index (χ0) is 24.1. The van der Waals surface area contributed by atoms with E-state index in [0.29, 0.717) is 19.4 Å². The number of hydrogen-bond donors (Lipinski definition) is 3.